The fourth-order valence-electron chi connectivity index (χ4n) is 2.11. The van der Waals surface area contributed by atoms with Crippen LogP contribution in [0.25, 0.3) is 10.8 Å². The summed E-state index contributed by atoms with van der Waals surface area (Å²) in [6.45, 7) is 2.06. The molecule has 0 radical (unpaired) electrons. The number of nitrogens with two attached hydrogens (primary N) is 1. The highest BCUT2D eigenvalue weighted by molar-refractivity contribution is 6.30. The van der Waals surface area contributed by atoms with E-state index in [-0.39, 0.29) is 11.8 Å². The zero-order valence-electron chi connectivity index (χ0n) is 10.4. The highest BCUT2D eigenvalue weighted by Gasteiger charge is 2.39. The minimum atomic E-state index is 0.0208. The standard InChI is InChI=1S/C13H13ClN4O/c1-6-2-8(6)13(19)18-11-4-7-3-10(14)17-12(15)9(7)5-16-11/h3-6,8H,2H2,1H3,(H2,15,17)(H,16,18,19)/t6-,8+/m0/s1. The first kappa shape index (κ1) is 12.2. The van der Waals surface area contributed by atoms with Gasteiger partial charge in [0.2, 0.25) is 5.91 Å². The van der Waals surface area contributed by atoms with E-state index < -0.39 is 0 Å². The fourth-order valence-corrected chi connectivity index (χ4v) is 2.32. The molecule has 0 spiro atoms. The van der Waals surface area contributed by atoms with Gasteiger partial charge in [0.05, 0.1) is 0 Å². The average molecular weight is 277 g/mol. The summed E-state index contributed by atoms with van der Waals surface area (Å²) in [5.74, 6) is 1.45. The number of anilines is 2. The van der Waals surface area contributed by atoms with E-state index in [9.17, 15) is 4.79 Å². The summed E-state index contributed by atoms with van der Waals surface area (Å²) >= 11 is 5.86. The van der Waals surface area contributed by atoms with Gasteiger partial charge in [0.15, 0.2) is 0 Å². The van der Waals surface area contributed by atoms with Crippen LogP contribution in [0.5, 0.6) is 0 Å². The number of rotatable bonds is 2. The molecule has 19 heavy (non-hydrogen) atoms. The molecule has 0 aliphatic heterocycles. The SMILES string of the molecule is C[C@H]1C[C@H]1C(=O)Nc1cc2cc(Cl)nc(N)c2cn1. The van der Waals surface area contributed by atoms with Gasteiger partial charge in [-0.1, -0.05) is 18.5 Å². The molecule has 2 aromatic rings. The topological polar surface area (TPSA) is 80.9 Å². The lowest BCUT2D eigenvalue weighted by molar-refractivity contribution is -0.117. The second-order valence-electron chi connectivity index (χ2n) is 4.93. The molecule has 1 fully saturated rings. The first-order valence-electron chi connectivity index (χ1n) is 6.07. The van der Waals surface area contributed by atoms with Crippen molar-refractivity contribution in [2.75, 3.05) is 11.1 Å². The van der Waals surface area contributed by atoms with Crippen molar-refractivity contribution in [3.8, 4) is 0 Å². The number of carbonyl (C=O) groups excluding carboxylic acids is 1. The first-order chi connectivity index (χ1) is 9.04. The molecule has 98 valence electrons. The maximum Gasteiger partial charge on any atom is 0.228 e. The molecule has 0 aromatic carbocycles. The predicted molar refractivity (Wildman–Crippen MR) is 74.9 cm³/mol. The van der Waals surface area contributed by atoms with Crippen LogP contribution in [0, 0.1) is 11.8 Å². The highest BCUT2D eigenvalue weighted by Crippen LogP contribution is 2.38. The Hall–Kier alpha value is -1.88. The van der Waals surface area contributed by atoms with Gasteiger partial charge >= 0.3 is 0 Å². The number of halogens is 1. The number of fused-ring (bicyclic) bond motifs is 1. The third kappa shape index (κ3) is 2.33. The lowest BCUT2D eigenvalue weighted by atomic mass is 10.2. The Labute approximate surface area is 115 Å². The van der Waals surface area contributed by atoms with Gasteiger partial charge in [-0.15, -0.1) is 0 Å². The summed E-state index contributed by atoms with van der Waals surface area (Å²) in [6, 6.07) is 3.45. The molecule has 6 heteroatoms. The molecule has 1 aliphatic rings. The summed E-state index contributed by atoms with van der Waals surface area (Å²) in [6.07, 6.45) is 2.54. The van der Waals surface area contributed by atoms with E-state index in [2.05, 4.69) is 22.2 Å². The molecule has 0 unspecified atom stereocenters. The van der Waals surface area contributed by atoms with Crippen LogP contribution in [0.15, 0.2) is 18.3 Å². The zero-order chi connectivity index (χ0) is 13.6. The monoisotopic (exact) mass is 276 g/mol. The van der Waals surface area contributed by atoms with Crippen LogP contribution in [0.2, 0.25) is 5.15 Å². The van der Waals surface area contributed by atoms with Gasteiger partial charge in [0, 0.05) is 17.5 Å². The predicted octanol–water partition coefficient (Wildman–Crippen LogP) is 2.46. The summed E-state index contributed by atoms with van der Waals surface area (Å²) in [4.78, 5) is 20.0. The number of aromatic nitrogens is 2. The molecule has 0 saturated heterocycles. The van der Waals surface area contributed by atoms with Crippen LogP contribution in [-0.4, -0.2) is 15.9 Å². The number of nitrogen functional groups attached to an aromatic ring is 1. The molecule has 2 aromatic heterocycles. The number of pyridine rings is 2. The van der Waals surface area contributed by atoms with Crippen molar-refractivity contribution < 1.29 is 4.79 Å². The van der Waals surface area contributed by atoms with Crippen LogP contribution < -0.4 is 11.1 Å². The zero-order valence-corrected chi connectivity index (χ0v) is 11.1. The van der Waals surface area contributed by atoms with Crippen molar-refractivity contribution >= 4 is 39.9 Å². The maximum atomic E-state index is 11.8. The van der Waals surface area contributed by atoms with E-state index in [1.807, 2.05) is 0 Å². The van der Waals surface area contributed by atoms with Crippen LogP contribution >= 0.6 is 11.6 Å². The van der Waals surface area contributed by atoms with Gasteiger partial charge in [-0.25, -0.2) is 9.97 Å². The Kier molecular flexibility index (Phi) is 2.78. The van der Waals surface area contributed by atoms with Gasteiger partial charge in [0.1, 0.15) is 16.8 Å². The Morgan fingerprint density at radius 1 is 1.53 bits per heavy atom. The molecule has 5 nitrogen and oxygen atoms in total. The van der Waals surface area contributed by atoms with Crippen LogP contribution in [0.3, 0.4) is 0 Å². The average Bonchev–Trinajstić information content (AvgIpc) is 3.05. The summed E-state index contributed by atoms with van der Waals surface area (Å²) < 4.78 is 0. The van der Waals surface area contributed by atoms with Gasteiger partial charge < -0.3 is 11.1 Å². The number of carbonyl (C=O) groups is 1. The third-order valence-corrected chi connectivity index (χ3v) is 3.60. The highest BCUT2D eigenvalue weighted by atomic mass is 35.5. The van der Waals surface area contributed by atoms with E-state index in [0.29, 0.717) is 22.7 Å². The van der Waals surface area contributed by atoms with Gasteiger partial charge in [-0.2, -0.15) is 0 Å². The Balaban J connectivity index is 1.91. The number of nitrogens with zero attached hydrogens (tertiary/aromatic N) is 2. The van der Waals surface area contributed by atoms with Crippen LogP contribution in [0.4, 0.5) is 11.6 Å². The Bertz CT molecular complexity index is 673. The van der Waals surface area contributed by atoms with E-state index in [4.69, 9.17) is 17.3 Å². The molecule has 3 rings (SSSR count). The lowest BCUT2D eigenvalue weighted by Crippen LogP contribution is -2.15. The molecule has 0 bridgehead atoms. The Morgan fingerprint density at radius 2 is 2.26 bits per heavy atom. The summed E-state index contributed by atoms with van der Waals surface area (Å²) in [5.41, 5.74) is 5.76. The molecule has 2 heterocycles. The molecule has 3 N–H and O–H groups in total. The van der Waals surface area contributed by atoms with Crippen LogP contribution in [0.1, 0.15) is 13.3 Å². The molecule has 2 atom stereocenters. The van der Waals surface area contributed by atoms with Gasteiger partial charge in [-0.3, -0.25) is 4.79 Å². The quantitative estimate of drug-likeness (QED) is 0.826. The van der Waals surface area contributed by atoms with Crippen molar-refractivity contribution in [2.24, 2.45) is 11.8 Å². The lowest BCUT2D eigenvalue weighted by Gasteiger charge is -2.06. The van der Waals surface area contributed by atoms with Crippen molar-refractivity contribution in [1.82, 2.24) is 9.97 Å². The smallest absolute Gasteiger partial charge is 0.228 e. The molecule has 1 saturated carbocycles. The summed E-state index contributed by atoms with van der Waals surface area (Å²) in [5, 5.41) is 4.67. The van der Waals surface area contributed by atoms with Gasteiger partial charge in [0.25, 0.3) is 0 Å². The number of nitrogens with one attached hydrogen (secondary N) is 1. The minimum Gasteiger partial charge on any atom is -0.383 e. The largest absolute Gasteiger partial charge is 0.383 e. The summed E-state index contributed by atoms with van der Waals surface area (Å²) in [7, 11) is 0. The van der Waals surface area contributed by atoms with Crippen molar-refractivity contribution in [3.05, 3.63) is 23.5 Å². The molecule has 1 aliphatic carbocycles. The molecular weight excluding hydrogens is 264 g/mol. The fraction of sp³-hybridized carbons (Fsp3) is 0.308. The van der Waals surface area contributed by atoms with Crippen molar-refractivity contribution in [3.63, 3.8) is 0 Å². The number of amides is 1. The van der Waals surface area contributed by atoms with E-state index in [1.54, 1.807) is 18.3 Å². The number of hydrogen-bond donors (Lipinski definition) is 2. The second kappa shape index (κ2) is 4.35. The Morgan fingerprint density at radius 3 is 2.95 bits per heavy atom. The molecule has 1 amide bonds. The molecular formula is C13H13ClN4O. The van der Waals surface area contributed by atoms with Crippen LogP contribution in [-0.2, 0) is 4.79 Å². The van der Waals surface area contributed by atoms with Gasteiger partial charge in [-0.05, 0) is 29.9 Å². The first-order valence-corrected chi connectivity index (χ1v) is 6.45. The van der Waals surface area contributed by atoms with E-state index in [1.165, 1.54) is 0 Å². The van der Waals surface area contributed by atoms with Crippen molar-refractivity contribution in [2.45, 2.75) is 13.3 Å². The number of hydrogen-bond acceptors (Lipinski definition) is 4. The van der Waals surface area contributed by atoms with E-state index in [0.717, 1.165) is 17.2 Å². The second-order valence-corrected chi connectivity index (χ2v) is 5.32. The van der Waals surface area contributed by atoms with E-state index >= 15 is 0 Å². The normalized spacial score (nSPS) is 21.4. The maximum absolute atomic E-state index is 11.8. The van der Waals surface area contributed by atoms with Crippen molar-refractivity contribution in [1.29, 1.82) is 0 Å². The third-order valence-electron chi connectivity index (χ3n) is 3.41. The minimum absolute atomic E-state index is 0.0208.